The SMILES string of the molecule is CC(C)(C)OC(=O)NCCCC[C@H](CC(=O)OCC1c2ccccc2-c2ccccc21)C(=O)NCCCOCc1ccccc1.CC(C)(C)OC(=O)NCCCC[C@H](N)C(=O)NCCCOCc1ccccc1. The number of carbonyl (C=O) groups excluding carboxylic acids is 5. The van der Waals surface area contributed by atoms with Gasteiger partial charge in [0.2, 0.25) is 11.8 Å². The third-order valence-electron chi connectivity index (χ3n) is 11.5. The predicted molar refractivity (Wildman–Crippen MR) is 284 cm³/mol. The van der Waals surface area contributed by atoms with Gasteiger partial charge >= 0.3 is 18.2 Å². The summed E-state index contributed by atoms with van der Waals surface area (Å²) in [5, 5.41) is 11.3. The van der Waals surface area contributed by atoms with E-state index >= 15 is 0 Å². The third-order valence-corrected chi connectivity index (χ3v) is 11.5. The fraction of sp³-hybridized carbons (Fsp3) is 0.500. The molecule has 5 rings (SSSR count). The number of alkyl carbamates (subject to hydrolysis) is 2. The molecule has 6 N–H and O–H groups in total. The molecule has 0 spiro atoms. The van der Waals surface area contributed by atoms with Gasteiger partial charge in [0, 0.05) is 51.2 Å². The standard InChI is InChI=1S/C37H46N2O6.C21H35N3O4/c1-37(2,3)45-36(42)39-21-12-11-16-28(35(41)38-22-13-23-43-25-27-14-5-4-6-15-27)24-34(40)44-26-33-31-19-9-7-17-29(31)30-18-8-10-20-32(30)33;1-21(2,3)28-20(26)24-13-8-7-12-18(22)19(25)23-14-9-15-27-16-17-10-5-4-6-11-17/h4-10,14-15,17-20,28,33H,11-13,16,21-26H2,1-3H3,(H,38,41)(H,39,42);4-6,10-11,18H,7-9,12-16,22H2,1-3H3,(H,23,25)(H,24,26)/t28-;18-/m10/s1. The number of rotatable bonds is 28. The fourth-order valence-corrected chi connectivity index (χ4v) is 7.92. The Labute approximate surface area is 433 Å². The summed E-state index contributed by atoms with van der Waals surface area (Å²) < 4.78 is 27.5. The van der Waals surface area contributed by atoms with Gasteiger partial charge in [-0.25, -0.2) is 9.59 Å². The number of benzene rings is 4. The molecule has 0 radical (unpaired) electrons. The molecule has 398 valence electrons. The van der Waals surface area contributed by atoms with Crippen molar-refractivity contribution in [1.29, 1.82) is 0 Å². The van der Waals surface area contributed by atoms with Crippen LogP contribution in [0.2, 0.25) is 0 Å². The van der Waals surface area contributed by atoms with Crippen LogP contribution in [0, 0.1) is 5.92 Å². The predicted octanol–water partition coefficient (Wildman–Crippen LogP) is 9.50. The summed E-state index contributed by atoms with van der Waals surface area (Å²) in [7, 11) is 0. The van der Waals surface area contributed by atoms with Crippen molar-refractivity contribution < 1.29 is 47.7 Å². The number of esters is 1. The number of nitrogens with two attached hydrogens (primary N) is 1. The largest absolute Gasteiger partial charge is 0.465 e. The third kappa shape index (κ3) is 24.3. The molecule has 4 aromatic carbocycles. The maximum absolute atomic E-state index is 13.2. The van der Waals surface area contributed by atoms with E-state index in [2.05, 4.69) is 45.5 Å². The van der Waals surface area contributed by atoms with Crippen molar-refractivity contribution in [2.24, 2.45) is 11.7 Å². The van der Waals surface area contributed by atoms with Gasteiger partial charge in [-0.05, 0) is 120 Å². The molecule has 0 aromatic heterocycles. The van der Waals surface area contributed by atoms with E-state index in [-0.39, 0.29) is 30.8 Å². The van der Waals surface area contributed by atoms with Crippen LogP contribution in [0.1, 0.15) is 128 Å². The number of ether oxygens (including phenoxy) is 5. The number of hydrogen-bond donors (Lipinski definition) is 5. The summed E-state index contributed by atoms with van der Waals surface area (Å²) in [6, 6.07) is 35.8. The van der Waals surface area contributed by atoms with Crippen LogP contribution in [0.25, 0.3) is 11.1 Å². The molecule has 4 amide bonds. The molecule has 2 atom stereocenters. The van der Waals surface area contributed by atoms with Crippen molar-refractivity contribution in [1.82, 2.24) is 21.3 Å². The Morgan fingerprint density at radius 2 is 0.945 bits per heavy atom. The Balaban J connectivity index is 0.000000355. The van der Waals surface area contributed by atoms with Gasteiger partial charge in [0.15, 0.2) is 0 Å². The number of hydrogen-bond acceptors (Lipinski definition) is 11. The lowest BCUT2D eigenvalue weighted by Crippen LogP contribution is -2.41. The molecule has 0 bridgehead atoms. The monoisotopic (exact) mass is 1010 g/mol. The quantitative estimate of drug-likeness (QED) is 0.0206. The molecule has 0 saturated carbocycles. The molecular formula is C58H81N5O10. The summed E-state index contributed by atoms with van der Waals surface area (Å²) in [5.41, 5.74) is 11.7. The normalized spacial score (nSPS) is 12.7. The summed E-state index contributed by atoms with van der Waals surface area (Å²) in [6.45, 7) is 15.2. The highest BCUT2D eigenvalue weighted by Crippen LogP contribution is 2.44. The summed E-state index contributed by atoms with van der Waals surface area (Å²) in [5.74, 6) is -1.29. The lowest BCUT2D eigenvalue weighted by atomic mass is 9.96. The van der Waals surface area contributed by atoms with Crippen molar-refractivity contribution in [3.05, 3.63) is 131 Å². The zero-order chi connectivity index (χ0) is 52.9. The number of amides is 4. The Morgan fingerprint density at radius 3 is 1.42 bits per heavy atom. The number of nitrogens with one attached hydrogen (secondary N) is 4. The van der Waals surface area contributed by atoms with Crippen LogP contribution in [-0.2, 0) is 51.3 Å². The van der Waals surface area contributed by atoms with Gasteiger partial charge in [0.1, 0.15) is 17.8 Å². The van der Waals surface area contributed by atoms with Gasteiger partial charge in [-0.15, -0.1) is 0 Å². The molecular weight excluding hydrogens is 927 g/mol. The minimum absolute atomic E-state index is 0.00809. The zero-order valence-electron chi connectivity index (χ0n) is 44.0. The molecule has 15 heteroatoms. The average Bonchev–Trinajstić information content (AvgIpc) is 3.67. The number of fused-ring (bicyclic) bond motifs is 3. The van der Waals surface area contributed by atoms with Crippen LogP contribution < -0.4 is 27.0 Å². The van der Waals surface area contributed by atoms with Crippen molar-refractivity contribution in [2.75, 3.05) is 46.0 Å². The molecule has 0 saturated heterocycles. The van der Waals surface area contributed by atoms with Gasteiger partial charge in [-0.3, -0.25) is 14.4 Å². The second-order valence-electron chi connectivity index (χ2n) is 20.1. The first-order valence-electron chi connectivity index (χ1n) is 25.8. The van der Waals surface area contributed by atoms with Gasteiger partial charge in [-0.2, -0.15) is 0 Å². The Kier molecular flexibility index (Phi) is 26.0. The first-order valence-corrected chi connectivity index (χ1v) is 25.8. The minimum Gasteiger partial charge on any atom is -0.465 e. The topological polar surface area (TPSA) is 206 Å². The molecule has 1 aliphatic carbocycles. The molecule has 1 aliphatic rings. The second-order valence-corrected chi connectivity index (χ2v) is 20.1. The van der Waals surface area contributed by atoms with Crippen LogP contribution in [0.3, 0.4) is 0 Å². The van der Waals surface area contributed by atoms with E-state index in [4.69, 9.17) is 29.4 Å². The molecule has 4 aromatic rings. The van der Waals surface area contributed by atoms with E-state index in [9.17, 15) is 24.0 Å². The van der Waals surface area contributed by atoms with Crippen molar-refractivity contribution in [3.8, 4) is 11.1 Å². The van der Waals surface area contributed by atoms with E-state index in [1.165, 1.54) is 11.1 Å². The van der Waals surface area contributed by atoms with Crippen LogP contribution >= 0.6 is 0 Å². The highest BCUT2D eigenvalue weighted by Gasteiger charge is 2.30. The number of unbranched alkanes of at least 4 members (excludes halogenated alkanes) is 2. The van der Waals surface area contributed by atoms with E-state index in [1.54, 1.807) is 0 Å². The molecule has 0 unspecified atom stereocenters. The molecule has 0 aliphatic heterocycles. The van der Waals surface area contributed by atoms with Crippen LogP contribution in [0.15, 0.2) is 109 Å². The highest BCUT2D eigenvalue weighted by atomic mass is 16.6. The minimum atomic E-state index is -0.567. The lowest BCUT2D eigenvalue weighted by Gasteiger charge is -2.20. The smallest absolute Gasteiger partial charge is 0.407 e. The van der Waals surface area contributed by atoms with Crippen molar-refractivity contribution in [3.63, 3.8) is 0 Å². The second kappa shape index (κ2) is 32.0. The average molecular weight is 1010 g/mol. The van der Waals surface area contributed by atoms with Gasteiger partial charge in [0.05, 0.1) is 25.7 Å². The fourth-order valence-electron chi connectivity index (χ4n) is 7.92. The maximum Gasteiger partial charge on any atom is 0.407 e. The van der Waals surface area contributed by atoms with Crippen LogP contribution in [0.5, 0.6) is 0 Å². The van der Waals surface area contributed by atoms with Gasteiger partial charge in [0.25, 0.3) is 0 Å². The molecule has 15 nitrogen and oxygen atoms in total. The van der Waals surface area contributed by atoms with E-state index in [0.717, 1.165) is 41.5 Å². The molecule has 73 heavy (non-hydrogen) atoms. The van der Waals surface area contributed by atoms with E-state index in [1.807, 2.05) is 126 Å². The summed E-state index contributed by atoms with van der Waals surface area (Å²) in [6.07, 6.45) is 4.38. The Hall–Kier alpha value is -6.29. The summed E-state index contributed by atoms with van der Waals surface area (Å²) in [4.78, 5) is 61.7. The van der Waals surface area contributed by atoms with Crippen LogP contribution in [-0.4, -0.2) is 93.2 Å². The first kappa shape index (κ1) is 59.3. The summed E-state index contributed by atoms with van der Waals surface area (Å²) >= 11 is 0. The molecule has 0 heterocycles. The maximum atomic E-state index is 13.2. The lowest BCUT2D eigenvalue weighted by molar-refractivity contribution is -0.147. The van der Waals surface area contributed by atoms with E-state index < -0.39 is 41.3 Å². The highest BCUT2D eigenvalue weighted by molar-refractivity contribution is 5.84. The number of carbonyl (C=O) groups is 5. The van der Waals surface area contributed by atoms with Crippen LogP contribution in [0.4, 0.5) is 9.59 Å². The Bertz CT molecular complexity index is 2220. The van der Waals surface area contributed by atoms with Gasteiger partial charge < -0.3 is 50.7 Å². The Morgan fingerprint density at radius 1 is 0.521 bits per heavy atom. The zero-order valence-corrected chi connectivity index (χ0v) is 44.0. The first-order chi connectivity index (χ1) is 35.0. The van der Waals surface area contributed by atoms with Crippen molar-refractivity contribution in [2.45, 2.75) is 136 Å². The molecule has 0 fully saturated rings. The van der Waals surface area contributed by atoms with Gasteiger partial charge in [-0.1, -0.05) is 116 Å². The van der Waals surface area contributed by atoms with E-state index in [0.29, 0.717) is 84.7 Å². The van der Waals surface area contributed by atoms with Crippen molar-refractivity contribution >= 4 is 30.0 Å².